The summed E-state index contributed by atoms with van der Waals surface area (Å²) in [5, 5.41) is 5.78. The van der Waals surface area contributed by atoms with Crippen LogP contribution in [-0.4, -0.2) is 15.7 Å². The van der Waals surface area contributed by atoms with Gasteiger partial charge in [-0.3, -0.25) is 15.0 Å². The molecule has 140 valence electrons. The second-order valence-corrected chi connectivity index (χ2v) is 5.95. The third kappa shape index (κ3) is 2.76. The van der Waals surface area contributed by atoms with E-state index in [1.54, 1.807) is 17.7 Å². The number of H-pyrrole nitrogens is 2. The van der Waals surface area contributed by atoms with Crippen molar-refractivity contribution >= 4 is 21.8 Å². The van der Waals surface area contributed by atoms with Crippen LogP contribution < -0.4 is 10.1 Å². The molecule has 0 radical (unpaired) electrons. The highest BCUT2D eigenvalue weighted by molar-refractivity contribution is 6.07. The standard InChI is InChI=1S/C18H11F4N3O.H2O/c1-25-15(9-5-7-10(8-6-9)18(20,21)22)11-3-2-4-12(19)13(11)14-16(25)17(26)24-23-14;/h2-8,26H,1H3;1H2. The molecule has 9 heteroatoms. The maximum absolute atomic E-state index is 14.5. The van der Waals surface area contributed by atoms with E-state index in [0.29, 0.717) is 22.2 Å². The minimum Gasteiger partial charge on any atom is -0.870 e. The number of nitrogens with one attached hydrogen (secondary N) is 2. The van der Waals surface area contributed by atoms with Crippen LogP contribution in [0.15, 0.2) is 47.3 Å². The predicted molar refractivity (Wildman–Crippen MR) is 89.9 cm³/mol. The molecule has 0 fully saturated rings. The number of aromatic nitrogens is 3. The highest BCUT2D eigenvalue weighted by Crippen LogP contribution is 2.33. The maximum Gasteiger partial charge on any atom is 0.416 e. The van der Waals surface area contributed by atoms with Crippen LogP contribution in [0.5, 0.6) is 0 Å². The summed E-state index contributed by atoms with van der Waals surface area (Å²) in [6.45, 7) is 0. The molecule has 4 rings (SSSR count). The molecular formula is C18H13F4N3O2. The third-order valence-electron chi connectivity index (χ3n) is 4.43. The smallest absolute Gasteiger partial charge is 0.416 e. The van der Waals surface area contributed by atoms with E-state index in [9.17, 15) is 22.4 Å². The first-order chi connectivity index (χ1) is 12.3. The molecule has 0 saturated heterocycles. The lowest BCUT2D eigenvalue weighted by molar-refractivity contribution is -0.632. The third-order valence-corrected chi connectivity index (χ3v) is 4.43. The van der Waals surface area contributed by atoms with Crippen molar-refractivity contribution in [3.8, 4) is 11.3 Å². The lowest BCUT2D eigenvalue weighted by Gasteiger charge is -2.09. The Hall–Kier alpha value is -3.20. The molecule has 3 N–H and O–H groups in total. The molecular weight excluding hydrogens is 366 g/mol. The van der Waals surface area contributed by atoms with Crippen molar-refractivity contribution in [2.45, 2.75) is 6.18 Å². The van der Waals surface area contributed by atoms with Crippen molar-refractivity contribution < 1.29 is 27.6 Å². The monoisotopic (exact) mass is 379 g/mol. The molecule has 0 spiro atoms. The Morgan fingerprint density at radius 3 is 2.30 bits per heavy atom. The largest absolute Gasteiger partial charge is 0.870 e. The van der Waals surface area contributed by atoms with E-state index in [4.69, 9.17) is 0 Å². The normalized spacial score (nSPS) is 11.7. The first kappa shape index (κ1) is 18.6. The van der Waals surface area contributed by atoms with Gasteiger partial charge in [0.1, 0.15) is 18.4 Å². The molecule has 27 heavy (non-hydrogen) atoms. The molecule has 2 aromatic heterocycles. The minimum absolute atomic E-state index is 0. The zero-order valence-electron chi connectivity index (χ0n) is 13.9. The molecule has 4 aromatic rings. The van der Waals surface area contributed by atoms with Crippen LogP contribution in [0.4, 0.5) is 17.6 Å². The number of aryl methyl sites for hydroxylation is 1. The Kier molecular flexibility index (Phi) is 4.27. The van der Waals surface area contributed by atoms with Gasteiger partial charge < -0.3 is 5.48 Å². The molecule has 0 aliphatic rings. The van der Waals surface area contributed by atoms with Crippen molar-refractivity contribution in [3.63, 3.8) is 0 Å². The first-order valence-corrected chi connectivity index (χ1v) is 7.67. The van der Waals surface area contributed by atoms with Crippen LogP contribution in [0.25, 0.3) is 33.1 Å². The van der Waals surface area contributed by atoms with Gasteiger partial charge >= 0.3 is 11.7 Å². The number of hydrogen-bond donors (Lipinski definition) is 2. The van der Waals surface area contributed by atoms with Crippen LogP contribution in [-0.2, 0) is 13.2 Å². The lowest BCUT2D eigenvalue weighted by Crippen LogP contribution is -2.35. The van der Waals surface area contributed by atoms with Crippen LogP contribution in [0, 0.1) is 5.82 Å². The average molecular weight is 379 g/mol. The molecule has 0 bridgehead atoms. The average Bonchev–Trinajstić information content (AvgIpc) is 2.97. The van der Waals surface area contributed by atoms with Crippen molar-refractivity contribution in [1.29, 1.82) is 0 Å². The van der Waals surface area contributed by atoms with Gasteiger partial charge in [-0.1, -0.05) is 6.07 Å². The van der Waals surface area contributed by atoms with Crippen LogP contribution in [0.2, 0.25) is 0 Å². The fraction of sp³-hybridized carbons (Fsp3) is 0.111. The van der Waals surface area contributed by atoms with E-state index in [-0.39, 0.29) is 16.4 Å². The van der Waals surface area contributed by atoms with Gasteiger partial charge in [0.25, 0.3) is 5.52 Å². The van der Waals surface area contributed by atoms with Gasteiger partial charge in [-0.15, -0.1) is 0 Å². The molecule has 0 atom stereocenters. The van der Waals surface area contributed by atoms with E-state index in [2.05, 4.69) is 10.2 Å². The van der Waals surface area contributed by atoms with Crippen molar-refractivity contribution in [3.05, 3.63) is 64.2 Å². The van der Waals surface area contributed by atoms with Gasteiger partial charge in [0, 0.05) is 5.56 Å². The minimum atomic E-state index is -4.45. The van der Waals surface area contributed by atoms with Crippen LogP contribution in [0.1, 0.15) is 5.56 Å². The van der Waals surface area contributed by atoms with Gasteiger partial charge in [0.2, 0.25) is 5.69 Å². The van der Waals surface area contributed by atoms with E-state index < -0.39 is 23.1 Å². The predicted octanol–water partition coefficient (Wildman–Crippen LogP) is 3.48. The van der Waals surface area contributed by atoms with Crippen LogP contribution >= 0.6 is 0 Å². The Bertz CT molecular complexity index is 1210. The lowest BCUT2D eigenvalue weighted by atomic mass is 10.0. The van der Waals surface area contributed by atoms with Gasteiger partial charge in [0.15, 0.2) is 0 Å². The van der Waals surface area contributed by atoms with Crippen molar-refractivity contribution in [2.75, 3.05) is 0 Å². The fourth-order valence-electron chi connectivity index (χ4n) is 3.29. The number of alkyl halides is 3. The number of hydrogen-bond acceptors (Lipinski definition) is 2. The first-order valence-electron chi connectivity index (χ1n) is 7.67. The quantitative estimate of drug-likeness (QED) is 0.392. The summed E-state index contributed by atoms with van der Waals surface area (Å²) in [6, 6.07) is 9.00. The second-order valence-electron chi connectivity index (χ2n) is 5.95. The number of aromatic amines is 2. The van der Waals surface area contributed by atoms with Crippen LogP contribution in [0.3, 0.4) is 0 Å². The van der Waals surface area contributed by atoms with Gasteiger partial charge in [-0.2, -0.15) is 17.7 Å². The Morgan fingerprint density at radius 2 is 1.67 bits per heavy atom. The van der Waals surface area contributed by atoms with Gasteiger partial charge in [-0.05, 0) is 36.4 Å². The highest BCUT2D eigenvalue weighted by Gasteiger charge is 2.31. The number of fused-ring (bicyclic) bond motifs is 3. The number of pyridine rings is 1. The van der Waals surface area contributed by atoms with E-state index in [1.807, 2.05) is 0 Å². The highest BCUT2D eigenvalue weighted by atomic mass is 19.4. The van der Waals surface area contributed by atoms with Gasteiger partial charge in [-0.25, -0.2) is 4.39 Å². The summed E-state index contributed by atoms with van der Waals surface area (Å²) in [6.07, 6.45) is -4.45. The Labute approximate surface area is 149 Å². The summed E-state index contributed by atoms with van der Waals surface area (Å²) in [4.78, 5) is 12.1. The molecule has 2 heterocycles. The number of halogens is 4. The molecule has 2 aromatic carbocycles. The second kappa shape index (κ2) is 6.20. The maximum atomic E-state index is 14.5. The summed E-state index contributed by atoms with van der Waals surface area (Å²) >= 11 is 0. The summed E-state index contributed by atoms with van der Waals surface area (Å²) < 4.78 is 54.5. The number of rotatable bonds is 1. The van der Waals surface area contributed by atoms with E-state index in [1.165, 1.54) is 24.3 Å². The molecule has 5 nitrogen and oxygen atoms in total. The van der Waals surface area contributed by atoms with Gasteiger partial charge in [0.05, 0.1) is 16.3 Å². The number of benzene rings is 2. The Morgan fingerprint density at radius 1 is 1.00 bits per heavy atom. The zero-order valence-corrected chi connectivity index (χ0v) is 13.9. The van der Waals surface area contributed by atoms with Crippen molar-refractivity contribution in [2.24, 2.45) is 7.05 Å². The Balaban J connectivity index is 0.00000210. The molecule has 0 amide bonds. The fourth-order valence-corrected chi connectivity index (χ4v) is 3.29. The number of nitrogens with zero attached hydrogens (tertiary/aromatic N) is 1. The molecule has 0 aliphatic carbocycles. The van der Waals surface area contributed by atoms with E-state index >= 15 is 0 Å². The molecule has 0 unspecified atom stereocenters. The molecule has 0 aliphatic heterocycles. The van der Waals surface area contributed by atoms with E-state index in [0.717, 1.165) is 12.1 Å². The SMILES string of the molecule is C[n+]1c(-c2ccc(C(F)(F)F)cc2)c2cccc(F)c2c2[nH][nH]c(=O)c21.[OH-]. The summed E-state index contributed by atoms with van der Waals surface area (Å²) in [7, 11) is 1.61. The zero-order chi connectivity index (χ0) is 18.6. The van der Waals surface area contributed by atoms with Crippen molar-refractivity contribution in [1.82, 2.24) is 10.2 Å². The molecule has 0 saturated carbocycles. The summed E-state index contributed by atoms with van der Waals surface area (Å²) in [5.41, 5.74) is 0.184. The topological polar surface area (TPSA) is 82.5 Å². The summed E-state index contributed by atoms with van der Waals surface area (Å²) in [5.74, 6) is -0.531.